The molecule has 0 aromatic heterocycles. The Kier molecular flexibility index (Phi) is 4.33. The number of hydrogen-bond donors (Lipinski definition) is 1. The summed E-state index contributed by atoms with van der Waals surface area (Å²) in [6.45, 7) is 0. The van der Waals surface area contributed by atoms with E-state index in [0.29, 0.717) is 12.1 Å². The lowest BCUT2D eigenvalue weighted by atomic mass is 9.97. The van der Waals surface area contributed by atoms with Crippen molar-refractivity contribution >= 4 is 5.97 Å². The summed E-state index contributed by atoms with van der Waals surface area (Å²) < 4.78 is 79.8. The molecule has 0 aliphatic rings. The normalized spacial score (nSPS) is 14.0. The topological polar surface area (TPSA) is 52.3 Å². The van der Waals surface area contributed by atoms with E-state index >= 15 is 0 Å². The van der Waals surface area contributed by atoms with Crippen LogP contribution in [0.5, 0.6) is 0 Å². The molecular formula is C11H9F6NO2. The van der Waals surface area contributed by atoms with Crippen LogP contribution in [0.25, 0.3) is 0 Å². The molecular weight excluding hydrogens is 292 g/mol. The third-order valence-corrected chi connectivity index (χ3v) is 2.48. The SMILES string of the molecule is COC(=O)[C@H](N)c1ccc(C(F)(F)F)cc1C(F)(F)F. The zero-order valence-corrected chi connectivity index (χ0v) is 9.97. The van der Waals surface area contributed by atoms with Crippen molar-refractivity contribution in [1.29, 1.82) is 0 Å². The van der Waals surface area contributed by atoms with Gasteiger partial charge >= 0.3 is 18.3 Å². The first-order valence-corrected chi connectivity index (χ1v) is 5.10. The van der Waals surface area contributed by atoms with Gasteiger partial charge < -0.3 is 10.5 Å². The van der Waals surface area contributed by atoms with Gasteiger partial charge in [0.1, 0.15) is 6.04 Å². The van der Waals surface area contributed by atoms with Gasteiger partial charge in [-0.25, -0.2) is 0 Å². The predicted octanol–water partition coefficient (Wildman–Crippen LogP) is 2.90. The van der Waals surface area contributed by atoms with Crippen LogP contribution >= 0.6 is 0 Å². The summed E-state index contributed by atoms with van der Waals surface area (Å²) in [6, 6.07) is -0.961. The van der Waals surface area contributed by atoms with Gasteiger partial charge in [-0.1, -0.05) is 6.07 Å². The Morgan fingerprint density at radius 2 is 1.70 bits per heavy atom. The van der Waals surface area contributed by atoms with Gasteiger partial charge in [0.05, 0.1) is 18.2 Å². The van der Waals surface area contributed by atoms with E-state index in [1.807, 2.05) is 0 Å². The number of alkyl halides is 6. The quantitative estimate of drug-likeness (QED) is 0.675. The van der Waals surface area contributed by atoms with E-state index in [9.17, 15) is 31.1 Å². The molecule has 1 aromatic rings. The van der Waals surface area contributed by atoms with Gasteiger partial charge in [0, 0.05) is 0 Å². The van der Waals surface area contributed by atoms with Crippen LogP contribution in [0.3, 0.4) is 0 Å². The number of nitrogens with two attached hydrogens (primary N) is 1. The third kappa shape index (κ3) is 3.41. The van der Waals surface area contributed by atoms with Crippen LogP contribution in [0, 0.1) is 0 Å². The lowest BCUT2D eigenvalue weighted by Gasteiger charge is -2.18. The summed E-state index contributed by atoms with van der Waals surface area (Å²) >= 11 is 0. The van der Waals surface area contributed by atoms with Gasteiger partial charge in [0.2, 0.25) is 0 Å². The average Bonchev–Trinajstić information content (AvgIpc) is 2.34. The fourth-order valence-corrected chi connectivity index (χ4v) is 1.50. The molecule has 9 heteroatoms. The molecule has 3 nitrogen and oxygen atoms in total. The van der Waals surface area contributed by atoms with Crippen molar-refractivity contribution < 1.29 is 35.9 Å². The first-order valence-electron chi connectivity index (χ1n) is 5.10. The van der Waals surface area contributed by atoms with Crippen LogP contribution in [0.2, 0.25) is 0 Å². The summed E-state index contributed by atoms with van der Waals surface area (Å²) in [4.78, 5) is 11.1. The van der Waals surface area contributed by atoms with E-state index in [1.54, 1.807) is 0 Å². The summed E-state index contributed by atoms with van der Waals surface area (Å²) in [5, 5.41) is 0. The minimum absolute atomic E-state index is 0.0852. The van der Waals surface area contributed by atoms with Crippen molar-refractivity contribution in [3.05, 3.63) is 34.9 Å². The number of hydrogen-bond acceptors (Lipinski definition) is 3. The van der Waals surface area contributed by atoms with Crippen molar-refractivity contribution in [3.8, 4) is 0 Å². The fourth-order valence-electron chi connectivity index (χ4n) is 1.50. The molecule has 0 saturated carbocycles. The maximum absolute atomic E-state index is 12.8. The summed E-state index contributed by atoms with van der Waals surface area (Å²) in [5.41, 5.74) is 1.37. The van der Waals surface area contributed by atoms with Crippen LogP contribution in [0.15, 0.2) is 18.2 Å². The number of methoxy groups -OCH3 is 1. The van der Waals surface area contributed by atoms with Crippen LogP contribution in [-0.2, 0) is 21.9 Å². The van der Waals surface area contributed by atoms with E-state index in [0.717, 1.165) is 7.11 Å². The highest BCUT2D eigenvalue weighted by atomic mass is 19.4. The van der Waals surface area contributed by atoms with Crippen molar-refractivity contribution in [1.82, 2.24) is 0 Å². The Morgan fingerprint density at radius 1 is 1.15 bits per heavy atom. The first-order chi connectivity index (χ1) is 8.98. The lowest BCUT2D eigenvalue weighted by Crippen LogP contribution is -2.26. The second kappa shape index (κ2) is 5.31. The summed E-state index contributed by atoms with van der Waals surface area (Å²) in [7, 11) is 0.902. The van der Waals surface area contributed by atoms with Crippen LogP contribution in [-0.4, -0.2) is 13.1 Å². The Bertz CT molecular complexity index is 509. The van der Waals surface area contributed by atoms with Crippen molar-refractivity contribution in [2.45, 2.75) is 18.4 Å². The highest BCUT2D eigenvalue weighted by molar-refractivity contribution is 5.77. The van der Waals surface area contributed by atoms with E-state index in [2.05, 4.69) is 4.74 Å². The molecule has 112 valence electrons. The number of carbonyl (C=O) groups excluding carboxylic acids is 1. The van der Waals surface area contributed by atoms with Crippen molar-refractivity contribution in [2.24, 2.45) is 5.73 Å². The molecule has 1 rings (SSSR count). The van der Waals surface area contributed by atoms with Crippen LogP contribution in [0.1, 0.15) is 22.7 Å². The second-order valence-electron chi connectivity index (χ2n) is 3.80. The molecule has 0 heterocycles. The minimum Gasteiger partial charge on any atom is -0.468 e. The Hall–Kier alpha value is -1.77. The number of rotatable bonds is 2. The second-order valence-corrected chi connectivity index (χ2v) is 3.80. The predicted molar refractivity (Wildman–Crippen MR) is 55.4 cm³/mol. The van der Waals surface area contributed by atoms with E-state index in [-0.39, 0.29) is 6.07 Å². The smallest absolute Gasteiger partial charge is 0.416 e. The average molecular weight is 301 g/mol. The lowest BCUT2D eigenvalue weighted by molar-refractivity contribution is -0.145. The summed E-state index contributed by atoms with van der Waals surface area (Å²) in [5.74, 6) is -1.18. The third-order valence-electron chi connectivity index (χ3n) is 2.48. The molecule has 0 saturated heterocycles. The molecule has 0 amide bonds. The maximum atomic E-state index is 12.8. The highest BCUT2D eigenvalue weighted by Crippen LogP contribution is 2.38. The van der Waals surface area contributed by atoms with Crippen LogP contribution in [0.4, 0.5) is 26.3 Å². The molecule has 2 N–H and O–H groups in total. The van der Waals surface area contributed by atoms with Crippen molar-refractivity contribution in [2.75, 3.05) is 7.11 Å². The summed E-state index contributed by atoms with van der Waals surface area (Å²) in [6.07, 6.45) is -10.0. The highest BCUT2D eigenvalue weighted by Gasteiger charge is 2.40. The molecule has 0 aliphatic heterocycles. The fraction of sp³-hybridized carbons (Fsp3) is 0.364. The first kappa shape index (κ1) is 16.3. The zero-order valence-electron chi connectivity index (χ0n) is 9.97. The Balaban J connectivity index is 3.43. The largest absolute Gasteiger partial charge is 0.468 e. The monoisotopic (exact) mass is 301 g/mol. The molecule has 0 aliphatic carbocycles. The van der Waals surface area contributed by atoms with Gasteiger partial charge in [-0.3, -0.25) is 4.79 Å². The van der Waals surface area contributed by atoms with E-state index in [4.69, 9.17) is 5.73 Å². The Labute approximate surface area is 109 Å². The van der Waals surface area contributed by atoms with Gasteiger partial charge in [-0.15, -0.1) is 0 Å². The molecule has 0 spiro atoms. The van der Waals surface area contributed by atoms with E-state index in [1.165, 1.54) is 0 Å². The number of benzene rings is 1. The standard InChI is InChI=1S/C11H9F6NO2/c1-20-9(19)8(18)6-3-2-5(10(12,13)14)4-7(6)11(15,16)17/h2-4,8H,18H2,1H3/t8-/m1/s1. The number of esters is 1. The van der Waals surface area contributed by atoms with Gasteiger partial charge in [0.25, 0.3) is 0 Å². The van der Waals surface area contributed by atoms with Crippen LogP contribution < -0.4 is 5.73 Å². The minimum atomic E-state index is -5.08. The molecule has 0 bridgehead atoms. The Morgan fingerprint density at radius 3 is 2.10 bits per heavy atom. The number of ether oxygens (including phenoxy) is 1. The van der Waals surface area contributed by atoms with Gasteiger partial charge in [0.15, 0.2) is 0 Å². The molecule has 1 aromatic carbocycles. The molecule has 0 fully saturated rings. The maximum Gasteiger partial charge on any atom is 0.416 e. The zero-order chi connectivity index (χ0) is 15.7. The molecule has 0 radical (unpaired) electrons. The molecule has 20 heavy (non-hydrogen) atoms. The van der Waals surface area contributed by atoms with Crippen molar-refractivity contribution in [3.63, 3.8) is 0 Å². The molecule has 0 unspecified atom stereocenters. The number of carbonyl (C=O) groups is 1. The number of halogens is 6. The van der Waals surface area contributed by atoms with Gasteiger partial charge in [-0.05, 0) is 17.7 Å². The van der Waals surface area contributed by atoms with Gasteiger partial charge in [-0.2, -0.15) is 26.3 Å². The van der Waals surface area contributed by atoms with E-state index < -0.39 is 41.1 Å². The molecule has 1 atom stereocenters.